The minimum Gasteiger partial charge on any atom is -0.298 e. The van der Waals surface area contributed by atoms with E-state index in [4.69, 9.17) is 0 Å². The molecular weight excluding hydrogens is 160 g/mol. The predicted octanol–water partition coefficient (Wildman–Crippen LogP) is 2.73. The van der Waals surface area contributed by atoms with Crippen LogP contribution in [0.25, 0.3) is 0 Å². The molecule has 70 valence electrons. The Morgan fingerprint density at radius 3 is 3.15 bits per heavy atom. The molecule has 0 N–H and O–H groups in total. The summed E-state index contributed by atoms with van der Waals surface area (Å²) in [7, 11) is 0. The second kappa shape index (κ2) is 3.49. The van der Waals surface area contributed by atoms with E-state index in [2.05, 4.69) is 25.2 Å². The van der Waals surface area contributed by atoms with E-state index in [1.165, 1.54) is 6.42 Å². The first-order chi connectivity index (χ1) is 6.35. The molecule has 2 rings (SSSR count). The fourth-order valence-corrected chi connectivity index (χ4v) is 2.67. The zero-order valence-corrected chi connectivity index (χ0v) is 8.07. The highest BCUT2D eigenvalue weighted by atomic mass is 16.1. The van der Waals surface area contributed by atoms with Gasteiger partial charge in [-0.2, -0.15) is 0 Å². The van der Waals surface area contributed by atoms with Gasteiger partial charge in [0.15, 0.2) is 0 Å². The highest BCUT2D eigenvalue weighted by Gasteiger charge is 2.32. The van der Waals surface area contributed by atoms with Crippen LogP contribution in [-0.2, 0) is 4.79 Å². The van der Waals surface area contributed by atoms with Gasteiger partial charge in [-0.05, 0) is 42.6 Å². The van der Waals surface area contributed by atoms with Crippen molar-refractivity contribution in [3.05, 3.63) is 23.8 Å². The molecule has 3 atom stereocenters. The Bertz CT molecular complexity index is 262. The molecule has 3 unspecified atom stereocenters. The van der Waals surface area contributed by atoms with Crippen molar-refractivity contribution >= 4 is 6.29 Å². The van der Waals surface area contributed by atoms with E-state index < -0.39 is 0 Å². The number of fused-ring (bicyclic) bond motifs is 1. The van der Waals surface area contributed by atoms with Crippen LogP contribution in [0.15, 0.2) is 23.8 Å². The van der Waals surface area contributed by atoms with Crippen molar-refractivity contribution in [2.75, 3.05) is 0 Å². The van der Waals surface area contributed by atoms with Gasteiger partial charge < -0.3 is 0 Å². The van der Waals surface area contributed by atoms with Crippen molar-refractivity contribution in [1.29, 1.82) is 0 Å². The molecule has 0 aliphatic heterocycles. The van der Waals surface area contributed by atoms with E-state index in [9.17, 15) is 4.79 Å². The van der Waals surface area contributed by atoms with Gasteiger partial charge in [0, 0.05) is 0 Å². The summed E-state index contributed by atoms with van der Waals surface area (Å²) in [6.45, 7) is 2.21. The molecule has 0 saturated heterocycles. The van der Waals surface area contributed by atoms with E-state index >= 15 is 0 Å². The summed E-state index contributed by atoms with van der Waals surface area (Å²) in [4.78, 5) is 10.7. The van der Waals surface area contributed by atoms with Crippen LogP contribution in [0.5, 0.6) is 0 Å². The zero-order valence-electron chi connectivity index (χ0n) is 8.07. The molecule has 0 aromatic heterocycles. The molecule has 0 radical (unpaired) electrons. The predicted molar refractivity (Wildman–Crippen MR) is 53.3 cm³/mol. The third-order valence-electron chi connectivity index (χ3n) is 3.38. The van der Waals surface area contributed by atoms with Crippen LogP contribution in [0, 0.1) is 17.8 Å². The molecule has 0 amide bonds. The fraction of sp³-hybridized carbons (Fsp3) is 0.583. The molecule has 0 fully saturated rings. The Balaban J connectivity index is 2.21. The first kappa shape index (κ1) is 8.74. The zero-order chi connectivity index (χ0) is 9.26. The summed E-state index contributed by atoms with van der Waals surface area (Å²) >= 11 is 0. The SMILES string of the molecule is CCC1C=C(C=O)CC2CC=CC12. The molecule has 0 heterocycles. The molecule has 0 aromatic carbocycles. The van der Waals surface area contributed by atoms with E-state index in [1.54, 1.807) is 0 Å². The second-order valence-corrected chi connectivity index (χ2v) is 4.14. The van der Waals surface area contributed by atoms with Gasteiger partial charge in [0.1, 0.15) is 6.29 Å². The molecule has 1 nitrogen and oxygen atoms in total. The standard InChI is InChI=1S/C12H16O/c1-2-10-6-9(8-13)7-11-4-3-5-12(10)11/h3,5-6,8,10-12H,2,4,7H2,1H3. The summed E-state index contributed by atoms with van der Waals surface area (Å²) in [6.07, 6.45) is 11.2. The number of carbonyl (C=O) groups excluding carboxylic acids is 1. The highest BCUT2D eigenvalue weighted by Crippen LogP contribution is 2.41. The minimum atomic E-state index is 0.609. The Morgan fingerprint density at radius 2 is 2.46 bits per heavy atom. The molecule has 2 aliphatic rings. The van der Waals surface area contributed by atoms with Gasteiger partial charge in [0.25, 0.3) is 0 Å². The molecule has 0 aromatic rings. The molecule has 0 bridgehead atoms. The lowest BCUT2D eigenvalue weighted by atomic mass is 9.74. The van der Waals surface area contributed by atoms with Crippen LogP contribution in [0.1, 0.15) is 26.2 Å². The van der Waals surface area contributed by atoms with Crippen LogP contribution in [0.3, 0.4) is 0 Å². The molecular formula is C12H16O. The van der Waals surface area contributed by atoms with Crippen molar-refractivity contribution in [1.82, 2.24) is 0 Å². The number of carbonyl (C=O) groups is 1. The summed E-state index contributed by atoms with van der Waals surface area (Å²) in [5.41, 5.74) is 1.02. The van der Waals surface area contributed by atoms with E-state index in [0.29, 0.717) is 11.8 Å². The normalized spacial score (nSPS) is 37.0. The average molecular weight is 176 g/mol. The smallest absolute Gasteiger partial charge is 0.145 e. The van der Waals surface area contributed by atoms with Gasteiger partial charge in [-0.25, -0.2) is 0 Å². The first-order valence-electron chi connectivity index (χ1n) is 5.17. The van der Waals surface area contributed by atoms with Crippen molar-refractivity contribution < 1.29 is 4.79 Å². The lowest BCUT2D eigenvalue weighted by Crippen LogP contribution is -2.22. The number of hydrogen-bond acceptors (Lipinski definition) is 1. The molecule has 13 heavy (non-hydrogen) atoms. The maximum atomic E-state index is 10.7. The van der Waals surface area contributed by atoms with Gasteiger partial charge in [0.05, 0.1) is 0 Å². The van der Waals surface area contributed by atoms with Gasteiger partial charge >= 0.3 is 0 Å². The topological polar surface area (TPSA) is 17.1 Å². The Hall–Kier alpha value is -0.850. The largest absolute Gasteiger partial charge is 0.298 e. The molecule has 2 aliphatic carbocycles. The number of rotatable bonds is 2. The average Bonchev–Trinajstić information content (AvgIpc) is 2.63. The van der Waals surface area contributed by atoms with Crippen molar-refractivity contribution in [2.45, 2.75) is 26.2 Å². The fourth-order valence-electron chi connectivity index (χ4n) is 2.67. The lowest BCUT2D eigenvalue weighted by Gasteiger charge is -2.30. The lowest BCUT2D eigenvalue weighted by molar-refractivity contribution is -0.105. The van der Waals surface area contributed by atoms with Crippen LogP contribution in [0.4, 0.5) is 0 Å². The summed E-state index contributed by atoms with van der Waals surface area (Å²) < 4.78 is 0. The van der Waals surface area contributed by atoms with Crippen LogP contribution < -0.4 is 0 Å². The number of allylic oxidation sites excluding steroid dienone is 4. The van der Waals surface area contributed by atoms with Gasteiger partial charge in [0.2, 0.25) is 0 Å². The minimum absolute atomic E-state index is 0.609. The van der Waals surface area contributed by atoms with Crippen LogP contribution in [0.2, 0.25) is 0 Å². The summed E-state index contributed by atoms with van der Waals surface area (Å²) in [5, 5.41) is 0. The molecule has 1 heteroatoms. The summed E-state index contributed by atoms with van der Waals surface area (Å²) in [6, 6.07) is 0. The molecule has 0 spiro atoms. The number of aldehydes is 1. The van der Waals surface area contributed by atoms with Gasteiger partial charge in [-0.1, -0.05) is 25.2 Å². The third kappa shape index (κ3) is 1.48. The third-order valence-corrected chi connectivity index (χ3v) is 3.38. The monoisotopic (exact) mass is 176 g/mol. The van der Waals surface area contributed by atoms with Crippen molar-refractivity contribution in [3.63, 3.8) is 0 Å². The maximum absolute atomic E-state index is 10.7. The Kier molecular flexibility index (Phi) is 2.34. The van der Waals surface area contributed by atoms with Crippen molar-refractivity contribution in [2.24, 2.45) is 17.8 Å². The summed E-state index contributed by atoms with van der Waals surface area (Å²) in [5.74, 6) is 2.04. The Labute approximate surface area is 79.5 Å². The van der Waals surface area contributed by atoms with Gasteiger partial charge in [-0.15, -0.1) is 0 Å². The van der Waals surface area contributed by atoms with Crippen LogP contribution >= 0.6 is 0 Å². The quantitative estimate of drug-likeness (QED) is 0.467. The van der Waals surface area contributed by atoms with E-state index in [-0.39, 0.29) is 0 Å². The van der Waals surface area contributed by atoms with E-state index in [1.807, 2.05) is 0 Å². The Morgan fingerprint density at radius 1 is 1.62 bits per heavy atom. The second-order valence-electron chi connectivity index (χ2n) is 4.14. The highest BCUT2D eigenvalue weighted by molar-refractivity contribution is 5.73. The van der Waals surface area contributed by atoms with Crippen molar-refractivity contribution in [3.8, 4) is 0 Å². The van der Waals surface area contributed by atoms with Crippen LogP contribution in [-0.4, -0.2) is 6.29 Å². The molecule has 0 saturated carbocycles. The van der Waals surface area contributed by atoms with E-state index in [0.717, 1.165) is 30.6 Å². The first-order valence-corrected chi connectivity index (χ1v) is 5.17. The van der Waals surface area contributed by atoms with Gasteiger partial charge in [-0.3, -0.25) is 4.79 Å². The number of hydrogen-bond donors (Lipinski definition) is 0. The maximum Gasteiger partial charge on any atom is 0.145 e.